The molecule has 0 aromatic carbocycles. The Bertz CT molecular complexity index is 1710. The van der Waals surface area contributed by atoms with E-state index in [0.29, 0.717) is 48.7 Å². The zero-order chi connectivity index (χ0) is 35.4. The highest BCUT2D eigenvalue weighted by atomic mass is 14.9. The first-order valence-corrected chi connectivity index (χ1v) is 19.2. The third-order valence-electron chi connectivity index (χ3n) is 11.4. The van der Waals surface area contributed by atoms with Crippen molar-refractivity contribution in [3.8, 4) is 0 Å². The maximum atomic E-state index is 6.05. The fraction of sp³-hybridized carbons (Fsp3) is 0.362. The monoisotopic (exact) mass is 678 g/mol. The Hall–Kier alpha value is -4.22. The van der Waals surface area contributed by atoms with Crippen LogP contribution in [0.25, 0.3) is 0 Å². The lowest BCUT2D eigenvalue weighted by atomic mass is 9.62. The smallest absolute Gasteiger partial charge is 0.0671 e. The quantitative estimate of drug-likeness (QED) is 0.109. The first-order chi connectivity index (χ1) is 25.1. The van der Waals surface area contributed by atoms with Crippen LogP contribution in [0.5, 0.6) is 0 Å². The second kappa shape index (κ2) is 18.3. The van der Waals surface area contributed by atoms with Crippen LogP contribution >= 0.6 is 0 Å². The number of nitrogens with two attached hydrogens (primary N) is 2. The Balaban J connectivity index is 1.22. The minimum Gasteiger partial charge on any atom is -0.380 e. The highest BCUT2D eigenvalue weighted by Crippen LogP contribution is 2.49. The molecule has 6 rings (SSSR count). The molecule has 6 N–H and O–H groups in total. The molecule has 0 saturated heterocycles. The molecule has 0 aromatic rings. The van der Waals surface area contributed by atoms with Gasteiger partial charge in [0, 0.05) is 49.6 Å². The van der Waals surface area contributed by atoms with E-state index >= 15 is 0 Å². The van der Waals surface area contributed by atoms with Crippen LogP contribution in [0.1, 0.15) is 45.4 Å². The van der Waals surface area contributed by atoms with Gasteiger partial charge in [0.15, 0.2) is 0 Å². The first kappa shape index (κ1) is 36.6. The Morgan fingerprint density at radius 3 is 2.59 bits per heavy atom. The lowest BCUT2D eigenvalue weighted by Crippen LogP contribution is -2.33. The Labute approximate surface area is 307 Å². The Morgan fingerprint density at radius 2 is 1.82 bits per heavy atom. The largest absolute Gasteiger partial charge is 0.380 e. The summed E-state index contributed by atoms with van der Waals surface area (Å²) in [4.78, 5) is 0. The molecule has 4 heteroatoms. The van der Waals surface area contributed by atoms with Gasteiger partial charge < -0.3 is 22.1 Å². The summed E-state index contributed by atoms with van der Waals surface area (Å²) >= 11 is 0. The molecular formula is C47H58N4. The zero-order valence-electron chi connectivity index (χ0n) is 30.5. The SMILES string of the molecule is C=C/C=C(\CN)C1C=CC(/C(=C/CC(C)C2=C3C=CC=CC3C(C3=CC=C(/C=C/C=C\CN)C4C=CC=CC34)CC2)CNC2C=CCCC2)=CN1. The summed E-state index contributed by atoms with van der Waals surface area (Å²) in [6.07, 6.45) is 56.6. The number of hydrogen-bond donors (Lipinski definition) is 4. The van der Waals surface area contributed by atoms with E-state index in [9.17, 15) is 0 Å². The molecule has 4 nitrogen and oxygen atoms in total. The van der Waals surface area contributed by atoms with E-state index < -0.39 is 0 Å². The van der Waals surface area contributed by atoms with Crippen molar-refractivity contribution in [2.75, 3.05) is 19.6 Å². The molecule has 0 amide bonds. The predicted octanol–water partition coefficient (Wildman–Crippen LogP) is 8.87. The van der Waals surface area contributed by atoms with Crippen molar-refractivity contribution in [1.82, 2.24) is 10.6 Å². The molecule has 51 heavy (non-hydrogen) atoms. The number of dihydropyridines is 1. The molecule has 5 aliphatic carbocycles. The van der Waals surface area contributed by atoms with E-state index in [1.807, 2.05) is 18.2 Å². The Morgan fingerprint density at radius 1 is 0.980 bits per heavy atom. The van der Waals surface area contributed by atoms with Crippen LogP contribution < -0.4 is 22.1 Å². The molecule has 0 fully saturated rings. The van der Waals surface area contributed by atoms with Crippen LogP contribution in [0.15, 0.2) is 179 Å². The topological polar surface area (TPSA) is 76.1 Å². The van der Waals surface area contributed by atoms with Crippen molar-refractivity contribution >= 4 is 0 Å². The van der Waals surface area contributed by atoms with Crippen molar-refractivity contribution < 1.29 is 0 Å². The van der Waals surface area contributed by atoms with Crippen LogP contribution in [0, 0.1) is 29.6 Å². The average molecular weight is 679 g/mol. The summed E-state index contributed by atoms with van der Waals surface area (Å²) in [6.45, 7) is 8.23. The molecule has 7 atom stereocenters. The van der Waals surface area contributed by atoms with Gasteiger partial charge in [-0.15, -0.1) is 0 Å². The normalized spacial score (nSPS) is 29.5. The minimum absolute atomic E-state index is 0.100. The highest BCUT2D eigenvalue weighted by molar-refractivity contribution is 5.49. The number of hydrogen-bond acceptors (Lipinski definition) is 4. The lowest BCUT2D eigenvalue weighted by Gasteiger charge is -2.42. The maximum absolute atomic E-state index is 6.05. The first-order valence-electron chi connectivity index (χ1n) is 19.2. The number of fused-ring (bicyclic) bond motifs is 2. The molecule has 7 unspecified atom stereocenters. The van der Waals surface area contributed by atoms with Gasteiger partial charge in [0.05, 0.1) is 6.04 Å². The van der Waals surface area contributed by atoms with E-state index in [1.165, 1.54) is 42.4 Å². The molecule has 266 valence electrons. The molecule has 0 spiro atoms. The van der Waals surface area contributed by atoms with Crippen molar-refractivity contribution in [2.45, 2.75) is 57.5 Å². The number of nitrogens with one attached hydrogen (secondary N) is 2. The van der Waals surface area contributed by atoms with Gasteiger partial charge >= 0.3 is 0 Å². The predicted molar refractivity (Wildman–Crippen MR) is 218 cm³/mol. The number of allylic oxidation sites excluding steroid dienone is 22. The summed E-state index contributed by atoms with van der Waals surface area (Å²) in [5, 5.41) is 7.45. The van der Waals surface area contributed by atoms with Crippen LogP contribution in [0.2, 0.25) is 0 Å². The third-order valence-corrected chi connectivity index (χ3v) is 11.4. The minimum atomic E-state index is 0.100. The van der Waals surface area contributed by atoms with E-state index in [2.05, 4.69) is 140 Å². The highest BCUT2D eigenvalue weighted by Gasteiger charge is 2.38. The molecular weight excluding hydrogens is 621 g/mol. The van der Waals surface area contributed by atoms with E-state index in [0.717, 1.165) is 25.0 Å². The summed E-state index contributed by atoms with van der Waals surface area (Å²) in [5.74, 6) is 2.16. The molecule has 0 saturated carbocycles. The van der Waals surface area contributed by atoms with Crippen molar-refractivity contribution in [2.24, 2.45) is 41.1 Å². The molecule has 1 aliphatic heterocycles. The summed E-state index contributed by atoms with van der Waals surface area (Å²) in [6, 6.07) is 0.536. The van der Waals surface area contributed by atoms with Gasteiger partial charge in [-0.2, -0.15) is 0 Å². The fourth-order valence-corrected chi connectivity index (χ4v) is 8.63. The van der Waals surface area contributed by atoms with Crippen LogP contribution in [0.3, 0.4) is 0 Å². The molecule has 1 heterocycles. The van der Waals surface area contributed by atoms with Crippen molar-refractivity contribution in [3.05, 3.63) is 179 Å². The van der Waals surface area contributed by atoms with E-state index in [4.69, 9.17) is 11.5 Å². The lowest BCUT2D eigenvalue weighted by molar-refractivity contribution is 0.382. The van der Waals surface area contributed by atoms with Gasteiger partial charge in [0.1, 0.15) is 0 Å². The van der Waals surface area contributed by atoms with Gasteiger partial charge in [0.2, 0.25) is 0 Å². The number of rotatable bonds is 14. The van der Waals surface area contributed by atoms with Crippen molar-refractivity contribution in [1.29, 1.82) is 0 Å². The van der Waals surface area contributed by atoms with Crippen molar-refractivity contribution in [3.63, 3.8) is 0 Å². The Kier molecular flexibility index (Phi) is 13.1. The molecule has 0 bridgehead atoms. The summed E-state index contributed by atoms with van der Waals surface area (Å²) in [7, 11) is 0. The van der Waals surface area contributed by atoms with Gasteiger partial charge in [-0.05, 0) is 78.2 Å². The van der Waals surface area contributed by atoms with Gasteiger partial charge in [-0.25, -0.2) is 0 Å². The summed E-state index contributed by atoms with van der Waals surface area (Å²) in [5.41, 5.74) is 21.6. The average Bonchev–Trinajstić information content (AvgIpc) is 3.18. The van der Waals surface area contributed by atoms with E-state index in [-0.39, 0.29) is 6.04 Å². The van der Waals surface area contributed by atoms with Gasteiger partial charge in [-0.3, -0.25) is 0 Å². The maximum Gasteiger partial charge on any atom is 0.0671 e. The molecule has 0 aromatic heterocycles. The zero-order valence-corrected chi connectivity index (χ0v) is 30.5. The van der Waals surface area contributed by atoms with E-state index in [1.54, 1.807) is 16.7 Å². The van der Waals surface area contributed by atoms with Crippen LogP contribution in [-0.4, -0.2) is 31.7 Å². The second-order valence-corrected chi connectivity index (χ2v) is 14.6. The third kappa shape index (κ3) is 8.99. The summed E-state index contributed by atoms with van der Waals surface area (Å²) < 4.78 is 0. The van der Waals surface area contributed by atoms with Crippen LogP contribution in [-0.2, 0) is 0 Å². The van der Waals surface area contributed by atoms with Gasteiger partial charge in [-0.1, -0.05) is 152 Å². The van der Waals surface area contributed by atoms with Crippen LogP contribution in [0.4, 0.5) is 0 Å². The van der Waals surface area contributed by atoms with Gasteiger partial charge in [0.25, 0.3) is 0 Å². The fourth-order valence-electron chi connectivity index (χ4n) is 8.63. The second-order valence-electron chi connectivity index (χ2n) is 14.6. The standard InChI is InChI=1S/C47H58N4/c1-3-14-36(31-49)47-29-25-38(33-51-47)37(32-50-39-16-7-4-8-17-39)23-22-34(2)40-27-28-46(44-21-12-11-19-42(40)44)45-26-24-35(15-6-5-13-30-48)41-18-9-10-20-43(41)45/h3,5-7,9-16,18-21,23-26,29,33-34,39,41,43-44,46-47,50-51H,1,4,8,17,22,27-28,30-32,48-49H2,2H3/b13-5-,15-6+,36-14+,37-23+. The molecule has 0 radical (unpaired) electrons. The molecule has 6 aliphatic rings.